The van der Waals surface area contributed by atoms with Gasteiger partial charge in [0, 0.05) is 61.0 Å². The van der Waals surface area contributed by atoms with Gasteiger partial charge in [0.25, 0.3) is 0 Å². The first-order valence-corrected chi connectivity index (χ1v) is 12.9. The number of pyridine rings is 1. The monoisotopic (exact) mass is 575 g/mol. The summed E-state index contributed by atoms with van der Waals surface area (Å²) in [5, 5.41) is 3.93. The molecule has 38 heavy (non-hydrogen) atoms. The summed E-state index contributed by atoms with van der Waals surface area (Å²) in [5.74, 6) is -1.12. The third-order valence-electron chi connectivity index (χ3n) is 6.76. The van der Waals surface area contributed by atoms with Gasteiger partial charge < -0.3 is 5.32 Å². The van der Waals surface area contributed by atoms with E-state index in [9.17, 15) is 13.6 Å². The molecule has 1 aliphatic rings. The van der Waals surface area contributed by atoms with E-state index in [1.807, 2.05) is 24.3 Å². The molecule has 0 bridgehead atoms. The summed E-state index contributed by atoms with van der Waals surface area (Å²) in [6.07, 6.45) is 5.93. The molecule has 9 heteroatoms. The SMILES string of the molecule is [C-]#[N+]c1ccc2c3c(n(C(=O)NCc4ccnc(Br)c4)c2c1)CCN(C/C=C/c1cc(F)c(C)c(F)c1)C3. The molecule has 1 amide bonds. The highest BCUT2D eigenvalue weighted by atomic mass is 79.9. The third kappa shape index (κ3) is 5.23. The minimum Gasteiger partial charge on any atom is -0.333 e. The van der Waals surface area contributed by atoms with Crippen molar-refractivity contribution in [2.75, 3.05) is 13.1 Å². The second-order valence-corrected chi connectivity index (χ2v) is 10.0. The number of fused-ring (bicyclic) bond motifs is 3. The van der Waals surface area contributed by atoms with Crippen LogP contribution in [0, 0.1) is 25.1 Å². The maximum Gasteiger partial charge on any atom is 0.326 e. The Kier molecular flexibility index (Phi) is 7.36. The van der Waals surface area contributed by atoms with E-state index in [-0.39, 0.29) is 11.6 Å². The van der Waals surface area contributed by atoms with Gasteiger partial charge in [-0.25, -0.2) is 23.4 Å². The van der Waals surface area contributed by atoms with Gasteiger partial charge in [0.1, 0.15) is 16.2 Å². The minimum atomic E-state index is -0.561. The van der Waals surface area contributed by atoms with Gasteiger partial charge in [0.15, 0.2) is 5.69 Å². The first-order chi connectivity index (χ1) is 18.3. The summed E-state index contributed by atoms with van der Waals surface area (Å²) in [7, 11) is 0. The number of halogens is 3. The van der Waals surface area contributed by atoms with Gasteiger partial charge in [-0.15, -0.1) is 0 Å². The van der Waals surface area contributed by atoms with Gasteiger partial charge in [0.05, 0.1) is 6.57 Å². The molecule has 3 heterocycles. The zero-order chi connectivity index (χ0) is 26.8. The molecular weight excluding hydrogens is 552 g/mol. The highest BCUT2D eigenvalue weighted by molar-refractivity contribution is 9.10. The fourth-order valence-electron chi connectivity index (χ4n) is 4.77. The van der Waals surface area contributed by atoms with Gasteiger partial charge in [-0.1, -0.05) is 24.3 Å². The van der Waals surface area contributed by atoms with Crippen LogP contribution in [0.15, 0.2) is 59.3 Å². The Balaban J connectivity index is 1.39. The Bertz CT molecular complexity index is 1600. The van der Waals surface area contributed by atoms with E-state index in [0.29, 0.717) is 54.0 Å². The van der Waals surface area contributed by atoms with Gasteiger partial charge in [0.2, 0.25) is 0 Å². The second-order valence-electron chi connectivity index (χ2n) is 9.22. The first kappa shape index (κ1) is 25.8. The molecule has 1 aliphatic heterocycles. The lowest BCUT2D eigenvalue weighted by molar-refractivity contribution is 0.240. The largest absolute Gasteiger partial charge is 0.333 e. The van der Waals surface area contributed by atoms with E-state index in [1.54, 1.807) is 29.0 Å². The molecule has 0 fully saturated rings. The molecule has 0 saturated heterocycles. The van der Waals surface area contributed by atoms with E-state index in [1.165, 1.54) is 19.1 Å². The second kappa shape index (κ2) is 10.9. The van der Waals surface area contributed by atoms with Crippen molar-refractivity contribution in [1.29, 1.82) is 0 Å². The Labute approximate surface area is 227 Å². The Morgan fingerprint density at radius 1 is 1.21 bits per heavy atom. The normalized spacial score (nSPS) is 13.6. The molecule has 0 unspecified atom stereocenters. The highest BCUT2D eigenvalue weighted by Crippen LogP contribution is 2.33. The van der Waals surface area contributed by atoms with E-state index < -0.39 is 11.6 Å². The predicted octanol–water partition coefficient (Wildman–Crippen LogP) is 6.77. The van der Waals surface area contributed by atoms with Gasteiger partial charge in [-0.05, 0) is 69.9 Å². The Morgan fingerprint density at radius 3 is 2.74 bits per heavy atom. The molecular formula is C29H24BrF2N5O. The first-order valence-electron chi connectivity index (χ1n) is 12.1. The van der Waals surface area contributed by atoms with E-state index in [2.05, 4.69) is 36.0 Å². The van der Waals surface area contributed by atoms with E-state index in [4.69, 9.17) is 6.57 Å². The van der Waals surface area contributed by atoms with Crippen LogP contribution in [-0.4, -0.2) is 33.6 Å². The Hall–Kier alpha value is -3.87. The number of aromatic nitrogens is 2. The van der Waals surface area contributed by atoms with E-state index >= 15 is 0 Å². The van der Waals surface area contributed by atoms with Crippen LogP contribution in [0.25, 0.3) is 21.8 Å². The summed E-state index contributed by atoms with van der Waals surface area (Å²) < 4.78 is 30.2. The summed E-state index contributed by atoms with van der Waals surface area (Å²) in [6.45, 7) is 11.1. The smallest absolute Gasteiger partial charge is 0.326 e. The van der Waals surface area contributed by atoms with Crippen LogP contribution in [0.5, 0.6) is 0 Å². The van der Waals surface area contributed by atoms with Gasteiger partial charge >= 0.3 is 6.03 Å². The predicted molar refractivity (Wildman–Crippen MR) is 147 cm³/mol. The maximum atomic E-state index is 13.9. The van der Waals surface area contributed by atoms with Crippen molar-refractivity contribution >= 4 is 44.6 Å². The highest BCUT2D eigenvalue weighted by Gasteiger charge is 2.26. The lowest BCUT2D eigenvalue weighted by Gasteiger charge is -2.27. The molecule has 192 valence electrons. The molecule has 1 N–H and O–H groups in total. The minimum absolute atomic E-state index is 0.0150. The standard InChI is InChI=1S/C29H24BrF2N5O/c1-18-24(31)12-19(13-25(18)32)4-3-10-36-11-8-26-23(17-36)22-6-5-21(33-2)15-27(22)37(26)29(38)35-16-20-7-9-34-28(30)14-20/h3-7,9,12-15H,8,10-11,16-17H2,1H3,(H,35,38)/b4-3+. The van der Waals surface area contributed by atoms with Crippen molar-refractivity contribution in [3.05, 3.63) is 110 Å². The zero-order valence-electron chi connectivity index (χ0n) is 20.6. The number of nitrogens with zero attached hydrogens (tertiary/aromatic N) is 4. The van der Waals surface area contributed by atoms with E-state index in [0.717, 1.165) is 22.2 Å². The molecule has 4 aromatic rings. The summed E-state index contributed by atoms with van der Waals surface area (Å²) >= 11 is 3.35. The molecule has 0 aliphatic carbocycles. The lowest BCUT2D eigenvalue weighted by atomic mass is 10.0. The molecule has 0 spiro atoms. The van der Waals surface area contributed by atoms with Crippen LogP contribution in [0.2, 0.25) is 0 Å². The number of carbonyl (C=O) groups excluding carboxylic acids is 1. The van der Waals surface area contributed by atoms with Crippen LogP contribution >= 0.6 is 15.9 Å². The molecule has 0 atom stereocenters. The number of nitrogens with one attached hydrogen (secondary N) is 1. The number of carbonyl (C=O) groups is 1. The van der Waals surface area contributed by atoms with Crippen LogP contribution in [0.1, 0.15) is 27.9 Å². The van der Waals surface area contributed by atoms with Crippen LogP contribution in [0.4, 0.5) is 19.3 Å². The molecule has 0 radical (unpaired) electrons. The van der Waals surface area contributed by atoms with Crippen LogP contribution in [-0.2, 0) is 19.5 Å². The molecule has 5 rings (SSSR count). The maximum absolute atomic E-state index is 13.9. The fourth-order valence-corrected chi connectivity index (χ4v) is 5.18. The number of amides is 1. The molecule has 2 aromatic carbocycles. The number of hydrogen-bond donors (Lipinski definition) is 1. The third-order valence-corrected chi connectivity index (χ3v) is 7.19. The zero-order valence-corrected chi connectivity index (χ0v) is 22.2. The average Bonchev–Trinajstić information content (AvgIpc) is 3.23. The van der Waals surface area contributed by atoms with Crippen LogP contribution in [0.3, 0.4) is 0 Å². The van der Waals surface area contributed by atoms with Gasteiger partial charge in [-0.3, -0.25) is 9.47 Å². The van der Waals surface area contributed by atoms with Crippen molar-refractivity contribution in [3.8, 4) is 0 Å². The average molecular weight is 576 g/mol. The van der Waals surface area contributed by atoms with Crippen molar-refractivity contribution in [3.63, 3.8) is 0 Å². The number of hydrogen-bond acceptors (Lipinski definition) is 3. The lowest BCUT2D eigenvalue weighted by Crippen LogP contribution is -2.34. The van der Waals surface area contributed by atoms with Crippen LogP contribution < -0.4 is 5.32 Å². The summed E-state index contributed by atoms with van der Waals surface area (Å²) in [6, 6.07) is 11.5. The van der Waals surface area contributed by atoms with Crippen molar-refractivity contribution in [2.45, 2.75) is 26.4 Å². The molecule has 6 nitrogen and oxygen atoms in total. The van der Waals surface area contributed by atoms with Gasteiger partial charge in [-0.2, -0.15) is 0 Å². The summed E-state index contributed by atoms with van der Waals surface area (Å²) in [4.78, 5) is 23.3. The van der Waals surface area contributed by atoms with Crippen molar-refractivity contribution in [2.24, 2.45) is 0 Å². The van der Waals surface area contributed by atoms with Crippen molar-refractivity contribution < 1.29 is 13.6 Å². The molecule has 2 aromatic heterocycles. The molecule has 0 saturated carbocycles. The fraction of sp³-hybridized carbons (Fsp3) is 0.207. The topological polar surface area (TPSA) is 54.5 Å². The number of benzene rings is 2. The summed E-state index contributed by atoms with van der Waals surface area (Å²) in [5.41, 5.74) is 4.56. The quantitative estimate of drug-likeness (QED) is 0.211. The number of rotatable bonds is 5. The Morgan fingerprint density at radius 2 is 2.00 bits per heavy atom. The van der Waals surface area contributed by atoms with Crippen molar-refractivity contribution in [1.82, 2.24) is 19.8 Å².